The van der Waals surface area contributed by atoms with E-state index in [1.54, 1.807) is 0 Å². The molecule has 0 atom stereocenters. The molecule has 0 nitrogen and oxygen atoms in total. The van der Waals surface area contributed by atoms with Gasteiger partial charge in [-0.05, 0) is 25.3 Å². The molecule has 0 heteroatoms. The Labute approximate surface area is 68.6 Å². The van der Waals surface area contributed by atoms with Gasteiger partial charge in [-0.25, -0.2) is 0 Å². The van der Waals surface area contributed by atoms with Gasteiger partial charge in [-0.2, -0.15) is 0 Å². The van der Waals surface area contributed by atoms with E-state index in [-0.39, 0.29) is 0 Å². The van der Waals surface area contributed by atoms with Gasteiger partial charge >= 0.3 is 0 Å². The summed E-state index contributed by atoms with van der Waals surface area (Å²) in [6.07, 6.45) is 6.61. The average molecular weight is 146 g/mol. The SMILES string of the molecule is C/C=C\CCc1ccccc1. The molecule has 0 spiro atoms. The molecule has 0 unspecified atom stereocenters. The number of rotatable bonds is 3. The van der Waals surface area contributed by atoms with Crippen molar-refractivity contribution in [3.8, 4) is 0 Å². The van der Waals surface area contributed by atoms with Gasteiger partial charge in [0.2, 0.25) is 0 Å². The minimum atomic E-state index is 1.15. The van der Waals surface area contributed by atoms with Gasteiger partial charge < -0.3 is 0 Å². The van der Waals surface area contributed by atoms with Gasteiger partial charge in [-0.3, -0.25) is 0 Å². The minimum Gasteiger partial charge on any atom is -0.0917 e. The van der Waals surface area contributed by atoms with Crippen LogP contribution in [0.25, 0.3) is 0 Å². The van der Waals surface area contributed by atoms with Crippen molar-refractivity contribution in [3.05, 3.63) is 48.0 Å². The average Bonchev–Trinajstić information content (AvgIpc) is 2.07. The largest absolute Gasteiger partial charge is 0.0917 e. The smallest absolute Gasteiger partial charge is 0.0244 e. The highest BCUT2D eigenvalue weighted by atomic mass is 13.9. The van der Waals surface area contributed by atoms with Crippen molar-refractivity contribution in [1.82, 2.24) is 0 Å². The van der Waals surface area contributed by atoms with Crippen LogP contribution in [0, 0.1) is 0 Å². The lowest BCUT2D eigenvalue weighted by atomic mass is 10.1. The Balaban J connectivity index is 2.39. The van der Waals surface area contributed by atoms with Crippen LogP contribution in [0.5, 0.6) is 0 Å². The number of hydrogen-bond donors (Lipinski definition) is 0. The molecule has 0 aliphatic rings. The Bertz CT molecular complexity index is 209. The molecule has 1 aromatic rings. The molecule has 0 N–H and O–H groups in total. The van der Waals surface area contributed by atoms with Gasteiger partial charge in [0, 0.05) is 0 Å². The first kappa shape index (κ1) is 8.06. The van der Waals surface area contributed by atoms with Crippen LogP contribution in [0.4, 0.5) is 0 Å². The molecule has 0 saturated heterocycles. The minimum absolute atomic E-state index is 1.15. The normalized spacial score (nSPS) is 10.6. The molecular weight excluding hydrogens is 132 g/mol. The van der Waals surface area contributed by atoms with Gasteiger partial charge in [0.05, 0.1) is 0 Å². The van der Waals surface area contributed by atoms with Crippen molar-refractivity contribution in [1.29, 1.82) is 0 Å². The zero-order valence-corrected chi connectivity index (χ0v) is 6.96. The van der Waals surface area contributed by atoms with Gasteiger partial charge in [-0.1, -0.05) is 42.5 Å². The first-order chi connectivity index (χ1) is 5.43. The highest BCUT2D eigenvalue weighted by Gasteiger charge is 1.86. The molecule has 0 aromatic heterocycles. The summed E-state index contributed by atoms with van der Waals surface area (Å²) in [5.41, 5.74) is 1.42. The van der Waals surface area contributed by atoms with Gasteiger partial charge in [0.25, 0.3) is 0 Å². The fourth-order valence-electron chi connectivity index (χ4n) is 1.06. The summed E-state index contributed by atoms with van der Waals surface area (Å²) in [6.45, 7) is 2.06. The summed E-state index contributed by atoms with van der Waals surface area (Å²) in [4.78, 5) is 0. The Hall–Kier alpha value is -1.04. The van der Waals surface area contributed by atoms with E-state index < -0.39 is 0 Å². The second-order valence-corrected chi connectivity index (χ2v) is 2.59. The second kappa shape index (κ2) is 4.73. The number of aryl methyl sites for hydroxylation is 1. The fraction of sp³-hybridized carbons (Fsp3) is 0.273. The topological polar surface area (TPSA) is 0 Å². The molecule has 1 aromatic carbocycles. The predicted molar refractivity (Wildman–Crippen MR) is 49.6 cm³/mol. The Morgan fingerprint density at radius 2 is 1.91 bits per heavy atom. The first-order valence-corrected chi connectivity index (χ1v) is 4.08. The molecule has 11 heavy (non-hydrogen) atoms. The Kier molecular flexibility index (Phi) is 3.46. The van der Waals surface area contributed by atoms with E-state index in [0.717, 1.165) is 12.8 Å². The quantitative estimate of drug-likeness (QED) is 0.574. The zero-order chi connectivity index (χ0) is 7.94. The van der Waals surface area contributed by atoms with Crippen LogP contribution in [0.2, 0.25) is 0 Å². The molecule has 0 fully saturated rings. The lowest BCUT2D eigenvalue weighted by Gasteiger charge is -1.95. The maximum atomic E-state index is 2.20. The van der Waals surface area contributed by atoms with E-state index in [1.165, 1.54) is 5.56 Å². The monoisotopic (exact) mass is 146 g/mol. The second-order valence-electron chi connectivity index (χ2n) is 2.59. The van der Waals surface area contributed by atoms with Gasteiger partial charge in [0.1, 0.15) is 0 Å². The van der Waals surface area contributed by atoms with E-state index in [2.05, 4.69) is 49.4 Å². The van der Waals surface area contributed by atoms with Crippen LogP contribution in [-0.2, 0) is 6.42 Å². The van der Waals surface area contributed by atoms with Crippen LogP contribution >= 0.6 is 0 Å². The first-order valence-electron chi connectivity index (χ1n) is 4.08. The summed E-state index contributed by atoms with van der Waals surface area (Å²) < 4.78 is 0. The summed E-state index contributed by atoms with van der Waals surface area (Å²) >= 11 is 0. The number of hydrogen-bond acceptors (Lipinski definition) is 0. The molecule has 1 rings (SSSR count). The molecular formula is C11H14. The molecule has 58 valence electrons. The van der Waals surface area contributed by atoms with E-state index in [9.17, 15) is 0 Å². The van der Waals surface area contributed by atoms with Crippen molar-refractivity contribution in [2.45, 2.75) is 19.8 Å². The summed E-state index contributed by atoms with van der Waals surface area (Å²) in [7, 11) is 0. The third-order valence-corrected chi connectivity index (χ3v) is 1.68. The van der Waals surface area contributed by atoms with Crippen LogP contribution in [0.3, 0.4) is 0 Å². The highest BCUT2D eigenvalue weighted by molar-refractivity contribution is 5.15. The van der Waals surface area contributed by atoms with Crippen molar-refractivity contribution in [2.75, 3.05) is 0 Å². The zero-order valence-electron chi connectivity index (χ0n) is 6.96. The number of benzene rings is 1. The molecule has 0 radical (unpaired) electrons. The molecule has 0 aliphatic heterocycles. The van der Waals surface area contributed by atoms with E-state index in [4.69, 9.17) is 0 Å². The standard InChI is InChI=1S/C11H14/c1-2-3-5-8-11-9-6-4-7-10-11/h2-4,6-7,9-10H,5,8H2,1H3/b3-2-. The summed E-state index contributed by atoms with van der Waals surface area (Å²) in [6, 6.07) is 10.6. The summed E-state index contributed by atoms with van der Waals surface area (Å²) in [5.74, 6) is 0. The Morgan fingerprint density at radius 3 is 2.55 bits per heavy atom. The third-order valence-electron chi connectivity index (χ3n) is 1.68. The van der Waals surface area contributed by atoms with Crippen molar-refractivity contribution in [2.24, 2.45) is 0 Å². The molecule has 0 amide bonds. The molecule has 0 bridgehead atoms. The summed E-state index contributed by atoms with van der Waals surface area (Å²) in [5, 5.41) is 0. The van der Waals surface area contributed by atoms with Crippen LogP contribution < -0.4 is 0 Å². The molecule has 0 heterocycles. The van der Waals surface area contributed by atoms with Crippen LogP contribution in [-0.4, -0.2) is 0 Å². The van der Waals surface area contributed by atoms with Crippen molar-refractivity contribution in [3.63, 3.8) is 0 Å². The van der Waals surface area contributed by atoms with E-state index in [0.29, 0.717) is 0 Å². The maximum absolute atomic E-state index is 2.20. The van der Waals surface area contributed by atoms with Crippen LogP contribution in [0.1, 0.15) is 18.9 Å². The number of allylic oxidation sites excluding steroid dienone is 2. The van der Waals surface area contributed by atoms with E-state index >= 15 is 0 Å². The van der Waals surface area contributed by atoms with Crippen LogP contribution in [0.15, 0.2) is 42.5 Å². The lowest BCUT2D eigenvalue weighted by Crippen LogP contribution is -1.80. The third kappa shape index (κ3) is 3.03. The maximum Gasteiger partial charge on any atom is -0.0244 e. The van der Waals surface area contributed by atoms with Gasteiger partial charge in [0.15, 0.2) is 0 Å². The van der Waals surface area contributed by atoms with Gasteiger partial charge in [-0.15, -0.1) is 0 Å². The highest BCUT2D eigenvalue weighted by Crippen LogP contribution is 2.02. The predicted octanol–water partition coefficient (Wildman–Crippen LogP) is 3.20. The molecule has 0 aliphatic carbocycles. The molecule has 0 saturated carbocycles. The van der Waals surface area contributed by atoms with Crippen molar-refractivity contribution >= 4 is 0 Å². The van der Waals surface area contributed by atoms with E-state index in [1.807, 2.05) is 0 Å². The fourth-order valence-corrected chi connectivity index (χ4v) is 1.06. The van der Waals surface area contributed by atoms with Crippen molar-refractivity contribution < 1.29 is 0 Å². The Morgan fingerprint density at radius 1 is 1.18 bits per heavy atom. The lowest BCUT2D eigenvalue weighted by molar-refractivity contribution is 1.000.